The number of aryl methyl sites for hydroxylation is 1. The molecule has 0 N–H and O–H groups in total. The van der Waals surface area contributed by atoms with Crippen molar-refractivity contribution in [2.75, 3.05) is 6.54 Å². The zero-order valence-electron chi connectivity index (χ0n) is 14.8. The Morgan fingerprint density at radius 3 is 2.26 bits per heavy atom. The largest absolute Gasteiger partial charge is 0.297 e. The SMILES string of the molecule is Cc1cc(-c2ccccc2)nn(CCN(C(C)C)C(C)C)c1=O. The van der Waals surface area contributed by atoms with Crippen molar-refractivity contribution in [2.45, 2.75) is 53.2 Å². The Hall–Kier alpha value is -1.94. The van der Waals surface area contributed by atoms with Gasteiger partial charge in [0, 0.05) is 29.8 Å². The molecule has 0 bridgehead atoms. The lowest BCUT2D eigenvalue weighted by Gasteiger charge is -2.30. The summed E-state index contributed by atoms with van der Waals surface area (Å²) in [6.07, 6.45) is 0. The van der Waals surface area contributed by atoms with Crippen LogP contribution in [0.3, 0.4) is 0 Å². The van der Waals surface area contributed by atoms with Gasteiger partial charge in [0.05, 0.1) is 12.2 Å². The number of hydrogen-bond acceptors (Lipinski definition) is 3. The molecule has 0 aliphatic carbocycles. The van der Waals surface area contributed by atoms with Crippen molar-refractivity contribution in [2.24, 2.45) is 0 Å². The fraction of sp³-hybridized carbons (Fsp3) is 0.474. The van der Waals surface area contributed by atoms with Gasteiger partial charge in [0.2, 0.25) is 0 Å². The maximum Gasteiger partial charge on any atom is 0.269 e. The second kappa shape index (κ2) is 7.55. The van der Waals surface area contributed by atoms with E-state index in [-0.39, 0.29) is 5.56 Å². The van der Waals surface area contributed by atoms with Crippen molar-refractivity contribution in [3.05, 3.63) is 52.3 Å². The van der Waals surface area contributed by atoms with Crippen molar-refractivity contribution in [1.29, 1.82) is 0 Å². The molecule has 0 radical (unpaired) electrons. The lowest BCUT2D eigenvalue weighted by Crippen LogP contribution is -2.41. The van der Waals surface area contributed by atoms with E-state index < -0.39 is 0 Å². The third-order valence-electron chi connectivity index (χ3n) is 4.12. The van der Waals surface area contributed by atoms with Gasteiger partial charge in [0.1, 0.15) is 0 Å². The Bertz CT molecular complexity index is 682. The molecule has 0 spiro atoms. The standard InChI is InChI=1S/C19H27N3O/c1-14(2)21(15(3)4)11-12-22-19(23)16(5)13-18(20-22)17-9-7-6-8-10-17/h6-10,13-15H,11-12H2,1-5H3. The molecule has 23 heavy (non-hydrogen) atoms. The molecule has 124 valence electrons. The van der Waals surface area contributed by atoms with Crippen LogP contribution in [-0.2, 0) is 6.54 Å². The Balaban J connectivity index is 2.28. The molecule has 4 nitrogen and oxygen atoms in total. The monoisotopic (exact) mass is 313 g/mol. The highest BCUT2D eigenvalue weighted by molar-refractivity contribution is 5.58. The Morgan fingerprint density at radius 2 is 1.70 bits per heavy atom. The predicted molar refractivity (Wildman–Crippen MR) is 95.6 cm³/mol. The molecule has 0 saturated heterocycles. The molecular weight excluding hydrogens is 286 g/mol. The fourth-order valence-corrected chi connectivity index (χ4v) is 2.90. The van der Waals surface area contributed by atoms with Crippen LogP contribution in [0.4, 0.5) is 0 Å². The molecule has 0 fully saturated rings. The summed E-state index contributed by atoms with van der Waals surface area (Å²) in [5, 5.41) is 4.57. The molecule has 4 heteroatoms. The highest BCUT2D eigenvalue weighted by atomic mass is 16.1. The summed E-state index contributed by atoms with van der Waals surface area (Å²) in [7, 11) is 0. The minimum Gasteiger partial charge on any atom is -0.297 e. The number of nitrogens with zero attached hydrogens (tertiary/aromatic N) is 3. The molecule has 1 aromatic carbocycles. The predicted octanol–water partition coefficient (Wildman–Crippen LogP) is 3.34. The van der Waals surface area contributed by atoms with Gasteiger partial charge >= 0.3 is 0 Å². The van der Waals surface area contributed by atoms with Gasteiger partial charge in [-0.05, 0) is 40.7 Å². The summed E-state index contributed by atoms with van der Waals surface area (Å²) in [6.45, 7) is 12.0. The van der Waals surface area contributed by atoms with Gasteiger partial charge < -0.3 is 0 Å². The van der Waals surface area contributed by atoms with Crippen LogP contribution in [0.1, 0.15) is 33.3 Å². The topological polar surface area (TPSA) is 38.1 Å². The molecule has 0 amide bonds. The van der Waals surface area contributed by atoms with E-state index in [1.165, 1.54) is 0 Å². The van der Waals surface area contributed by atoms with E-state index in [2.05, 4.69) is 37.7 Å². The number of hydrogen-bond donors (Lipinski definition) is 0. The number of benzene rings is 1. The molecule has 2 rings (SSSR count). The molecule has 0 saturated carbocycles. The molecule has 0 unspecified atom stereocenters. The van der Waals surface area contributed by atoms with Crippen molar-refractivity contribution in [3.63, 3.8) is 0 Å². The first-order valence-corrected chi connectivity index (χ1v) is 8.30. The average molecular weight is 313 g/mol. The van der Waals surface area contributed by atoms with Gasteiger partial charge in [0.15, 0.2) is 0 Å². The summed E-state index contributed by atoms with van der Waals surface area (Å²) in [4.78, 5) is 14.8. The minimum absolute atomic E-state index is 0.00265. The fourth-order valence-electron chi connectivity index (χ4n) is 2.90. The Morgan fingerprint density at radius 1 is 1.09 bits per heavy atom. The van der Waals surface area contributed by atoms with Crippen LogP contribution in [0.2, 0.25) is 0 Å². The van der Waals surface area contributed by atoms with Gasteiger partial charge in [-0.3, -0.25) is 9.69 Å². The zero-order valence-corrected chi connectivity index (χ0v) is 14.8. The van der Waals surface area contributed by atoms with E-state index in [4.69, 9.17) is 0 Å². The van der Waals surface area contributed by atoms with Gasteiger partial charge in [-0.25, -0.2) is 4.68 Å². The normalized spacial score (nSPS) is 11.7. The molecule has 1 aromatic heterocycles. The van der Waals surface area contributed by atoms with Gasteiger partial charge in [-0.1, -0.05) is 30.3 Å². The van der Waals surface area contributed by atoms with Crippen molar-refractivity contribution in [3.8, 4) is 11.3 Å². The quantitative estimate of drug-likeness (QED) is 0.821. The van der Waals surface area contributed by atoms with Gasteiger partial charge in [0.25, 0.3) is 5.56 Å². The molecule has 1 heterocycles. The molecule has 0 atom stereocenters. The second-order valence-electron chi connectivity index (χ2n) is 6.53. The first kappa shape index (κ1) is 17.4. The highest BCUT2D eigenvalue weighted by Crippen LogP contribution is 2.15. The van der Waals surface area contributed by atoms with Crippen molar-refractivity contribution in [1.82, 2.24) is 14.7 Å². The smallest absolute Gasteiger partial charge is 0.269 e. The van der Waals surface area contributed by atoms with E-state index in [0.717, 1.165) is 23.4 Å². The maximum absolute atomic E-state index is 12.4. The average Bonchev–Trinajstić information content (AvgIpc) is 2.51. The van der Waals surface area contributed by atoms with Crippen LogP contribution < -0.4 is 5.56 Å². The third-order valence-corrected chi connectivity index (χ3v) is 4.12. The van der Waals surface area contributed by atoms with Crippen LogP contribution in [0.25, 0.3) is 11.3 Å². The molecule has 2 aromatic rings. The lowest BCUT2D eigenvalue weighted by atomic mass is 10.1. The number of rotatable bonds is 6. The van der Waals surface area contributed by atoms with E-state index in [1.807, 2.05) is 43.3 Å². The van der Waals surface area contributed by atoms with Crippen LogP contribution in [0, 0.1) is 6.92 Å². The van der Waals surface area contributed by atoms with Crippen LogP contribution in [0.15, 0.2) is 41.2 Å². The summed E-state index contributed by atoms with van der Waals surface area (Å²) in [5.74, 6) is 0. The van der Waals surface area contributed by atoms with Crippen LogP contribution in [0.5, 0.6) is 0 Å². The van der Waals surface area contributed by atoms with E-state index in [9.17, 15) is 4.79 Å². The molecule has 0 aliphatic heterocycles. The number of aromatic nitrogens is 2. The Labute approximate surface area is 138 Å². The summed E-state index contributed by atoms with van der Waals surface area (Å²) in [6, 6.07) is 12.8. The van der Waals surface area contributed by atoms with E-state index in [0.29, 0.717) is 18.6 Å². The van der Waals surface area contributed by atoms with Crippen molar-refractivity contribution >= 4 is 0 Å². The van der Waals surface area contributed by atoms with E-state index in [1.54, 1.807) is 4.68 Å². The maximum atomic E-state index is 12.4. The Kier molecular flexibility index (Phi) is 5.72. The lowest BCUT2D eigenvalue weighted by molar-refractivity contribution is 0.165. The molecular formula is C19H27N3O. The third kappa shape index (κ3) is 4.29. The summed E-state index contributed by atoms with van der Waals surface area (Å²) >= 11 is 0. The summed E-state index contributed by atoms with van der Waals surface area (Å²) < 4.78 is 1.61. The second-order valence-corrected chi connectivity index (χ2v) is 6.53. The molecule has 0 aliphatic rings. The van der Waals surface area contributed by atoms with Crippen LogP contribution >= 0.6 is 0 Å². The van der Waals surface area contributed by atoms with Gasteiger partial charge in [-0.2, -0.15) is 5.10 Å². The van der Waals surface area contributed by atoms with Gasteiger partial charge in [-0.15, -0.1) is 0 Å². The summed E-state index contributed by atoms with van der Waals surface area (Å²) in [5.41, 5.74) is 2.62. The highest BCUT2D eigenvalue weighted by Gasteiger charge is 2.14. The van der Waals surface area contributed by atoms with Crippen LogP contribution in [-0.4, -0.2) is 33.3 Å². The first-order valence-electron chi connectivity index (χ1n) is 8.30. The van der Waals surface area contributed by atoms with Crippen molar-refractivity contribution < 1.29 is 0 Å². The van der Waals surface area contributed by atoms with E-state index >= 15 is 0 Å². The first-order chi connectivity index (χ1) is 10.9. The minimum atomic E-state index is -0.00265. The zero-order chi connectivity index (χ0) is 17.0.